The normalized spacial score (nSPS) is 11.6. The molecule has 0 radical (unpaired) electrons. The Hall–Kier alpha value is -1.06. The van der Waals surface area contributed by atoms with E-state index in [1.165, 1.54) is 64.2 Å². The third kappa shape index (κ3) is 15.7. The number of hydrogen-bond donors (Lipinski definition) is 2. The minimum absolute atomic E-state index is 0.105. The molecule has 0 saturated carbocycles. The average Bonchev–Trinajstić information content (AvgIpc) is 2.63. The van der Waals surface area contributed by atoms with E-state index in [4.69, 9.17) is 0 Å². The van der Waals surface area contributed by atoms with Crippen LogP contribution in [-0.4, -0.2) is 22.2 Å². The van der Waals surface area contributed by atoms with Gasteiger partial charge in [0.05, 0.1) is 0 Å². The Kier molecular flexibility index (Phi) is 16.4. The van der Waals surface area contributed by atoms with Gasteiger partial charge in [0.15, 0.2) is 0 Å². The third-order valence-electron chi connectivity index (χ3n) is 5.86. The molecule has 4 heteroatoms. The maximum Gasteiger partial charge on any atom is 0.303 e. The van der Waals surface area contributed by atoms with E-state index in [1.807, 2.05) is 0 Å². The van der Waals surface area contributed by atoms with Gasteiger partial charge in [-0.1, -0.05) is 90.9 Å². The molecule has 0 aromatic heterocycles. The minimum Gasteiger partial charge on any atom is -0.481 e. The van der Waals surface area contributed by atoms with E-state index in [1.54, 1.807) is 0 Å². The van der Waals surface area contributed by atoms with Crippen LogP contribution < -0.4 is 0 Å². The molecule has 0 rings (SSSR count). The minimum atomic E-state index is -0.763. The van der Waals surface area contributed by atoms with Gasteiger partial charge in [0.2, 0.25) is 0 Å². The van der Waals surface area contributed by atoms with Crippen LogP contribution in [0.1, 0.15) is 129 Å². The molecule has 160 valence electrons. The van der Waals surface area contributed by atoms with Crippen LogP contribution in [0.25, 0.3) is 0 Å². The Morgan fingerprint density at radius 3 is 1.22 bits per heavy atom. The summed E-state index contributed by atoms with van der Waals surface area (Å²) in [6.07, 6.45) is 18.1. The molecule has 0 aliphatic carbocycles. The maximum absolute atomic E-state index is 11.2. The van der Waals surface area contributed by atoms with Crippen molar-refractivity contribution in [3.63, 3.8) is 0 Å². The fourth-order valence-corrected chi connectivity index (χ4v) is 4.05. The summed E-state index contributed by atoms with van der Waals surface area (Å²) < 4.78 is 0. The predicted octanol–water partition coefficient (Wildman–Crippen LogP) is 7.20. The molecule has 0 amide bonds. The summed E-state index contributed by atoms with van der Waals surface area (Å²) in [5.74, 6) is -1.53. The molecular weight excluding hydrogens is 340 g/mol. The maximum atomic E-state index is 11.2. The molecule has 0 aliphatic heterocycles. The number of rotatable bonds is 20. The first kappa shape index (κ1) is 25.9. The smallest absolute Gasteiger partial charge is 0.303 e. The SMILES string of the molecule is CCCCCCCCC(CCCCCCCC)(CCC(=O)O)CCC(=O)O. The molecule has 0 heterocycles. The molecule has 0 unspecified atom stereocenters. The van der Waals surface area contributed by atoms with Crippen molar-refractivity contribution in [3.05, 3.63) is 0 Å². The first-order valence-corrected chi connectivity index (χ1v) is 11.4. The second kappa shape index (κ2) is 17.1. The van der Waals surface area contributed by atoms with Gasteiger partial charge in [-0.25, -0.2) is 0 Å². The zero-order valence-electron chi connectivity index (χ0n) is 17.9. The Balaban J connectivity index is 4.67. The Bertz CT molecular complexity index is 343. The van der Waals surface area contributed by atoms with Gasteiger partial charge in [-0.05, 0) is 31.1 Å². The molecule has 0 aliphatic rings. The fourth-order valence-electron chi connectivity index (χ4n) is 4.05. The van der Waals surface area contributed by atoms with Gasteiger partial charge in [-0.3, -0.25) is 9.59 Å². The number of unbranched alkanes of at least 4 members (excludes halogenated alkanes) is 10. The molecule has 0 spiro atoms. The van der Waals surface area contributed by atoms with E-state index in [0.717, 1.165) is 25.7 Å². The predicted molar refractivity (Wildman–Crippen MR) is 112 cm³/mol. The first-order chi connectivity index (χ1) is 13.0. The molecule has 27 heavy (non-hydrogen) atoms. The van der Waals surface area contributed by atoms with Crippen molar-refractivity contribution in [3.8, 4) is 0 Å². The van der Waals surface area contributed by atoms with Crippen molar-refractivity contribution < 1.29 is 19.8 Å². The molecule has 0 fully saturated rings. The van der Waals surface area contributed by atoms with Crippen LogP contribution in [0.3, 0.4) is 0 Å². The summed E-state index contributed by atoms with van der Waals surface area (Å²) in [7, 11) is 0. The molecule has 2 N–H and O–H groups in total. The van der Waals surface area contributed by atoms with Crippen molar-refractivity contribution in [2.24, 2.45) is 5.41 Å². The number of carboxylic acids is 2. The van der Waals surface area contributed by atoms with Crippen LogP contribution >= 0.6 is 0 Å². The van der Waals surface area contributed by atoms with Crippen molar-refractivity contribution in [1.29, 1.82) is 0 Å². The second-order valence-electron chi connectivity index (χ2n) is 8.32. The van der Waals surface area contributed by atoms with Crippen molar-refractivity contribution in [2.45, 2.75) is 129 Å². The number of hydrogen-bond acceptors (Lipinski definition) is 2. The molecule has 0 bridgehead atoms. The summed E-state index contributed by atoms with van der Waals surface area (Å²) in [4.78, 5) is 22.3. The quantitative estimate of drug-likeness (QED) is 0.218. The zero-order chi connectivity index (χ0) is 20.4. The molecule has 0 atom stereocenters. The summed E-state index contributed by atoms with van der Waals surface area (Å²) in [6, 6.07) is 0. The lowest BCUT2D eigenvalue weighted by Gasteiger charge is -2.34. The van der Waals surface area contributed by atoms with E-state index in [2.05, 4.69) is 13.8 Å². The highest BCUT2D eigenvalue weighted by atomic mass is 16.4. The van der Waals surface area contributed by atoms with Crippen LogP contribution in [0.5, 0.6) is 0 Å². The summed E-state index contributed by atoms with van der Waals surface area (Å²) in [5, 5.41) is 18.4. The largest absolute Gasteiger partial charge is 0.481 e. The Morgan fingerprint density at radius 2 is 0.889 bits per heavy atom. The van der Waals surface area contributed by atoms with Crippen LogP contribution in [0.4, 0.5) is 0 Å². The molecule has 0 aromatic carbocycles. The first-order valence-electron chi connectivity index (χ1n) is 11.4. The summed E-state index contributed by atoms with van der Waals surface area (Å²) >= 11 is 0. The van der Waals surface area contributed by atoms with Gasteiger partial charge in [0.25, 0.3) is 0 Å². The van der Waals surface area contributed by atoms with E-state index in [9.17, 15) is 19.8 Å². The fraction of sp³-hybridized carbons (Fsp3) is 0.913. The number of carbonyl (C=O) groups is 2. The van der Waals surface area contributed by atoms with Crippen molar-refractivity contribution >= 4 is 11.9 Å². The van der Waals surface area contributed by atoms with Gasteiger partial charge < -0.3 is 10.2 Å². The topological polar surface area (TPSA) is 74.6 Å². The molecule has 4 nitrogen and oxygen atoms in total. The van der Waals surface area contributed by atoms with Gasteiger partial charge >= 0.3 is 11.9 Å². The average molecular weight is 385 g/mol. The van der Waals surface area contributed by atoms with E-state index >= 15 is 0 Å². The summed E-state index contributed by atoms with van der Waals surface area (Å²) in [6.45, 7) is 4.42. The highest BCUT2D eigenvalue weighted by Gasteiger charge is 2.30. The molecular formula is C23H44O4. The van der Waals surface area contributed by atoms with Crippen LogP contribution in [0.15, 0.2) is 0 Å². The Labute approximate surface area is 167 Å². The molecule has 0 aromatic rings. The monoisotopic (exact) mass is 384 g/mol. The van der Waals surface area contributed by atoms with Crippen molar-refractivity contribution in [1.82, 2.24) is 0 Å². The van der Waals surface area contributed by atoms with E-state index < -0.39 is 11.9 Å². The third-order valence-corrected chi connectivity index (χ3v) is 5.86. The van der Waals surface area contributed by atoms with Crippen molar-refractivity contribution in [2.75, 3.05) is 0 Å². The highest BCUT2D eigenvalue weighted by molar-refractivity contribution is 5.67. The van der Waals surface area contributed by atoms with Crippen LogP contribution in [-0.2, 0) is 9.59 Å². The lowest BCUT2D eigenvalue weighted by Crippen LogP contribution is -2.24. The standard InChI is InChI=1S/C23H44O4/c1-3-5-7-9-11-13-17-23(19-15-21(24)25,20-16-22(26)27)18-14-12-10-8-6-4-2/h3-20H2,1-2H3,(H,24,25)(H,26,27). The van der Waals surface area contributed by atoms with E-state index in [0.29, 0.717) is 12.8 Å². The van der Waals surface area contributed by atoms with Gasteiger partial charge in [-0.2, -0.15) is 0 Å². The zero-order valence-corrected chi connectivity index (χ0v) is 17.9. The Morgan fingerprint density at radius 1 is 0.556 bits per heavy atom. The summed E-state index contributed by atoms with van der Waals surface area (Å²) in [5.41, 5.74) is -0.105. The second-order valence-corrected chi connectivity index (χ2v) is 8.32. The van der Waals surface area contributed by atoms with Gasteiger partial charge in [0.1, 0.15) is 0 Å². The molecule has 0 saturated heterocycles. The van der Waals surface area contributed by atoms with Crippen LogP contribution in [0.2, 0.25) is 0 Å². The lowest BCUT2D eigenvalue weighted by molar-refractivity contribution is -0.138. The van der Waals surface area contributed by atoms with E-state index in [-0.39, 0.29) is 18.3 Å². The lowest BCUT2D eigenvalue weighted by atomic mass is 9.71. The van der Waals surface area contributed by atoms with Crippen LogP contribution in [0, 0.1) is 5.41 Å². The highest BCUT2D eigenvalue weighted by Crippen LogP contribution is 2.41. The van der Waals surface area contributed by atoms with Gasteiger partial charge in [0, 0.05) is 12.8 Å². The van der Waals surface area contributed by atoms with Gasteiger partial charge in [-0.15, -0.1) is 0 Å². The number of aliphatic carboxylic acids is 2. The number of carboxylic acid groups (broad SMARTS) is 2.